The Labute approximate surface area is 138 Å². The molecule has 0 saturated heterocycles. The van der Waals surface area contributed by atoms with E-state index in [1.807, 2.05) is 61.8 Å². The molecule has 1 N–H and O–H groups in total. The molecule has 0 radical (unpaired) electrons. The van der Waals surface area contributed by atoms with Crippen molar-refractivity contribution in [3.05, 3.63) is 42.1 Å². The van der Waals surface area contributed by atoms with Crippen molar-refractivity contribution in [2.24, 2.45) is 0 Å². The van der Waals surface area contributed by atoms with Crippen LogP contribution in [0.3, 0.4) is 0 Å². The minimum atomic E-state index is -0.0394. The molecule has 1 aromatic heterocycles. The zero-order chi connectivity index (χ0) is 16.8. The maximum absolute atomic E-state index is 12.6. The van der Waals surface area contributed by atoms with Gasteiger partial charge in [0.1, 0.15) is 11.4 Å². The van der Waals surface area contributed by atoms with Gasteiger partial charge in [0.05, 0.1) is 12.1 Å². The molecule has 1 amide bonds. The molecule has 0 aliphatic carbocycles. The topological polar surface area (TPSA) is 43.3 Å². The third-order valence-electron chi connectivity index (χ3n) is 3.95. The largest absolute Gasteiger partial charge is 0.493 e. The average Bonchev–Trinajstić information content (AvgIpc) is 2.92. The molecule has 0 bridgehead atoms. The first-order valence-corrected chi connectivity index (χ1v) is 8.29. The first-order chi connectivity index (χ1) is 11.1. The van der Waals surface area contributed by atoms with Crippen LogP contribution >= 0.6 is 0 Å². The van der Waals surface area contributed by atoms with E-state index in [9.17, 15) is 4.79 Å². The first kappa shape index (κ1) is 17.1. The lowest BCUT2D eigenvalue weighted by atomic mass is 10.2. The van der Waals surface area contributed by atoms with Gasteiger partial charge >= 0.3 is 0 Å². The van der Waals surface area contributed by atoms with Gasteiger partial charge in [0.25, 0.3) is 5.91 Å². The monoisotopic (exact) mass is 314 g/mol. The van der Waals surface area contributed by atoms with Gasteiger partial charge in [-0.15, -0.1) is 0 Å². The van der Waals surface area contributed by atoms with Crippen LogP contribution in [0.15, 0.2) is 36.4 Å². The van der Waals surface area contributed by atoms with Crippen LogP contribution in [0.1, 0.15) is 44.6 Å². The number of aromatic nitrogens is 1. The first-order valence-electron chi connectivity index (χ1n) is 8.29. The predicted molar refractivity (Wildman–Crippen MR) is 95.1 cm³/mol. The molecule has 1 atom stereocenters. The van der Waals surface area contributed by atoms with Crippen molar-refractivity contribution in [1.29, 1.82) is 0 Å². The van der Waals surface area contributed by atoms with Crippen LogP contribution in [0.2, 0.25) is 0 Å². The van der Waals surface area contributed by atoms with Gasteiger partial charge < -0.3 is 14.6 Å². The number of hydrogen-bond acceptors (Lipinski definition) is 2. The molecule has 0 fully saturated rings. The zero-order valence-electron chi connectivity index (χ0n) is 14.4. The summed E-state index contributed by atoms with van der Waals surface area (Å²) in [6.07, 6.45) is 4.95. The quantitative estimate of drug-likeness (QED) is 0.780. The van der Waals surface area contributed by atoms with Gasteiger partial charge in [-0.3, -0.25) is 4.79 Å². The van der Waals surface area contributed by atoms with Gasteiger partial charge in [0, 0.05) is 18.0 Å². The normalized spacial score (nSPS) is 12.7. The zero-order valence-corrected chi connectivity index (χ0v) is 14.4. The van der Waals surface area contributed by atoms with Crippen LogP contribution in [-0.4, -0.2) is 23.1 Å². The molecule has 2 rings (SSSR count). The number of ether oxygens (including phenoxy) is 1. The highest BCUT2D eigenvalue weighted by Crippen LogP contribution is 2.29. The number of nitrogens with one attached hydrogen (secondary N) is 1. The van der Waals surface area contributed by atoms with Crippen LogP contribution in [0.4, 0.5) is 0 Å². The summed E-state index contributed by atoms with van der Waals surface area (Å²) in [6, 6.07) is 8.03. The van der Waals surface area contributed by atoms with Crippen LogP contribution in [0.5, 0.6) is 5.75 Å². The Morgan fingerprint density at radius 1 is 1.39 bits per heavy atom. The fourth-order valence-corrected chi connectivity index (χ4v) is 2.53. The van der Waals surface area contributed by atoms with E-state index >= 15 is 0 Å². The number of carbonyl (C=O) groups excluding carboxylic acids is 1. The second-order valence-electron chi connectivity index (χ2n) is 5.61. The molecule has 4 nitrogen and oxygen atoms in total. The highest BCUT2D eigenvalue weighted by atomic mass is 16.5. The lowest BCUT2D eigenvalue weighted by Gasteiger charge is -2.13. The Hall–Kier alpha value is -2.23. The maximum Gasteiger partial charge on any atom is 0.268 e. The molecule has 0 saturated carbocycles. The van der Waals surface area contributed by atoms with E-state index in [1.165, 1.54) is 0 Å². The molecule has 23 heavy (non-hydrogen) atoms. The average molecular weight is 314 g/mol. The van der Waals surface area contributed by atoms with Crippen LogP contribution < -0.4 is 10.1 Å². The highest BCUT2D eigenvalue weighted by Gasteiger charge is 2.18. The van der Waals surface area contributed by atoms with Gasteiger partial charge in [-0.2, -0.15) is 0 Å². The molecule has 0 aliphatic rings. The van der Waals surface area contributed by atoms with Crippen molar-refractivity contribution in [3.63, 3.8) is 0 Å². The van der Waals surface area contributed by atoms with Crippen molar-refractivity contribution in [3.8, 4) is 5.75 Å². The number of benzene rings is 1. The van der Waals surface area contributed by atoms with Gasteiger partial charge in [-0.1, -0.05) is 25.1 Å². The number of nitrogens with zero attached hydrogens (tertiary/aromatic N) is 1. The van der Waals surface area contributed by atoms with E-state index < -0.39 is 0 Å². The fourth-order valence-electron chi connectivity index (χ4n) is 2.53. The van der Waals surface area contributed by atoms with E-state index in [-0.39, 0.29) is 11.9 Å². The lowest BCUT2D eigenvalue weighted by molar-refractivity contribution is 0.0931. The van der Waals surface area contributed by atoms with E-state index in [0.717, 1.165) is 23.1 Å². The fraction of sp³-hybridized carbons (Fsp3) is 0.421. The minimum Gasteiger partial charge on any atom is -0.493 e. The lowest BCUT2D eigenvalue weighted by Crippen LogP contribution is -2.33. The highest BCUT2D eigenvalue weighted by molar-refractivity contribution is 6.00. The molecule has 124 valence electrons. The van der Waals surface area contributed by atoms with Crippen LogP contribution in [0.25, 0.3) is 10.9 Å². The summed E-state index contributed by atoms with van der Waals surface area (Å²) >= 11 is 0. The van der Waals surface area contributed by atoms with Gasteiger partial charge in [0.15, 0.2) is 0 Å². The second-order valence-corrected chi connectivity index (χ2v) is 5.61. The van der Waals surface area contributed by atoms with Gasteiger partial charge in [-0.05, 0) is 45.4 Å². The number of hydrogen-bond donors (Lipinski definition) is 1. The molecule has 2 aromatic rings. The summed E-state index contributed by atoms with van der Waals surface area (Å²) in [5.74, 6) is 0.782. The Morgan fingerprint density at radius 3 is 2.83 bits per heavy atom. The van der Waals surface area contributed by atoms with Crippen molar-refractivity contribution in [2.45, 2.75) is 46.7 Å². The van der Waals surface area contributed by atoms with E-state index in [2.05, 4.69) is 12.2 Å². The summed E-state index contributed by atoms with van der Waals surface area (Å²) < 4.78 is 7.75. The second kappa shape index (κ2) is 7.86. The molecular formula is C19H26N2O2. The Bertz CT molecular complexity index is 701. The molecule has 0 spiro atoms. The minimum absolute atomic E-state index is 0.0394. The number of fused-ring (bicyclic) bond motifs is 1. The molecule has 1 heterocycles. The molecule has 0 aliphatic heterocycles. The molecule has 4 heteroatoms. The number of carbonyl (C=O) groups is 1. The van der Waals surface area contributed by atoms with Crippen molar-refractivity contribution in [1.82, 2.24) is 9.88 Å². The SMILES string of the molecule is C/C=C\Cn1c(C(=O)N[C@@H](C)CC)cc2c(OCC)cccc21. The summed E-state index contributed by atoms with van der Waals surface area (Å²) in [6.45, 7) is 9.30. The summed E-state index contributed by atoms with van der Waals surface area (Å²) in [4.78, 5) is 12.6. The van der Waals surface area contributed by atoms with Crippen LogP contribution in [0, 0.1) is 0 Å². The van der Waals surface area contributed by atoms with Crippen molar-refractivity contribution in [2.75, 3.05) is 6.61 Å². The molecule has 0 unspecified atom stereocenters. The van der Waals surface area contributed by atoms with Crippen LogP contribution in [-0.2, 0) is 6.54 Å². The van der Waals surface area contributed by atoms with E-state index in [4.69, 9.17) is 4.74 Å². The number of amides is 1. The summed E-state index contributed by atoms with van der Waals surface area (Å²) in [5, 5.41) is 4.03. The van der Waals surface area contributed by atoms with E-state index in [1.54, 1.807) is 0 Å². The van der Waals surface area contributed by atoms with E-state index in [0.29, 0.717) is 18.8 Å². The Morgan fingerprint density at radius 2 is 2.17 bits per heavy atom. The third kappa shape index (κ3) is 3.76. The number of rotatable bonds is 7. The molecular weight excluding hydrogens is 288 g/mol. The standard InChI is InChI=1S/C19H26N2O2/c1-5-8-12-21-16-10-9-11-18(23-7-3)15(16)13-17(21)19(22)20-14(4)6-2/h5,8-11,13-14H,6-7,12H2,1-4H3,(H,20,22)/b8-5-/t14-/m0/s1. The van der Waals surface area contributed by atoms with Crippen molar-refractivity contribution >= 4 is 16.8 Å². The van der Waals surface area contributed by atoms with Crippen molar-refractivity contribution < 1.29 is 9.53 Å². The van der Waals surface area contributed by atoms with Gasteiger partial charge in [-0.25, -0.2) is 0 Å². The molecule has 1 aromatic carbocycles. The predicted octanol–water partition coefficient (Wildman–Crippen LogP) is 4.14. The summed E-state index contributed by atoms with van der Waals surface area (Å²) in [7, 11) is 0. The Balaban J connectivity index is 2.52. The maximum atomic E-state index is 12.6. The Kier molecular flexibility index (Phi) is 5.85. The smallest absolute Gasteiger partial charge is 0.268 e. The number of allylic oxidation sites excluding steroid dienone is 2. The van der Waals surface area contributed by atoms with Gasteiger partial charge in [0.2, 0.25) is 0 Å². The summed E-state index contributed by atoms with van der Waals surface area (Å²) in [5.41, 5.74) is 1.69. The third-order valence-corrected chi connectivity index (χ3v) is 3.95.